The fourth-order valence-electron chi connectivity index (χ4n) is 3.52. The predicted molar refractivity (Wildman–Crippen MR) is 97.5 cm³/mol. The molecule has 0 saturated heterocycles. The molecule has 0 fully saturated rings. The SMILES string of the molecule is COc1cc(CNc2ccc3c(c2)CCC(=O)N3)c2c(c1)C[C@@H](C)O2. The number of amides is 1. The average Bonchev–Trinajstić information content (AvgIpc) is 2.99. The summed E-state index contributed by atoms with van der Waals surface area (Å²) in [6.07, 6.45) is 2.45. The van der Waals surface area contributed by atoms with E-state index in [0.29, 0.717) is 13.0 Å². The molecule has 0 aliphatic carbocycles. The van der Waals surface area contributed by atoms with Gasteiger partial charge in [-0.25, -0.2) is 0 Å². The molecular formula is C20H22N2O3. The Bertz CT molecular complexity index is 832. The molecule has 1 atom stereocenters. The lowest BCUT2D eigenvalue weighted by Crippen LogP contribution is -2.19. The molecule has 0 unspecified atom stereocenters. The number of carbonyl (C=O) groups excluding carboxylic acids is 1. The van der Waals surface area contributed by atoms with E-state index in [1.807, 2.05) is 18.2 Å². The second-order valence-electron chi connectivity index (χ2n) is 6.68. The van der Waals surface area contributed by atoms with Gasteiger partial charge in [0.2, 0.25) is 5.91 Å². The molecule has 5 heteroatoms. The highest BCUT2D eigenvalue weighted by Gasteiger charge is 2.23. The number of benzene rings is 2. The molecule has 1 amide bonds. The van der Waals surface area contributed by atoms with Crippen LogP contribution in [-0.4, -0.2) is 19.1 Å². The van der Waals surface area contributed by atoms with Crippen molar-refractivity contribution >= 4 is 17.3 Å². The van der Waals surface area contributed by atoms with Gasteiger partial charge in [-0.1, -0.05) is 0 Å². The van der Waals surface area contributed by atoms with Crippen LogP contribution < -0.4 is 20.1 Å². The van der Waals surface area contributed by atoms with Crippen molar-refractivity contribution in [3.8, 4) is 11.5 Å². The molecule has 4 rings (SSSR count). The first-order valence-corrected chi connectivity index (χ1v) is 8.65. The lowest BCUT2D eigenvalue weighted by Gasteiger charge is -2.18. The molecule has 0 spiro atoms. The number of aryl methyl sites for hydroxylation is 1. The molecule has 25 heavy (non-hydrogen) atoms. The van der Waals surface area contributed by atoms with Gasteiger partial charge in [0.1, 0.15) is 17.6 Å². The van der Waals surface area contributed by atoms with Crippen LogP contribution in [0.3, 0.4) is 0 Å². The lowest BCUT2D eigenvalue weighted by molar-refractivity contribution is -0.116. The van der Waals surface area contributed by atoms with E-state index < -0.39 is 0 Å². The fourth-order valence-corrected chi connectivity index (χ4v) is 3.52. The van der Waals surface area contributed by atoms with Crippen molar-refractivity contribution in [2.24, 2.45) is 0 Å². The van der Waals surface area contributed by atoms with Gasteiger partial charge in [-0.15, -0.1) is 0 Å². The molecule has 0 aromatic heterocycles. The summed E-state index contributed by atoms with van der Waals surface area (Å²) in [6, 6.07) is 10.2. The summed E-state index contributed by atoms with van der Waals surface area (Å²) in [5.74, 6) is 1.93. The number of fused-ring (bicyclic) bond motifs is 2. The Morgan fingerprint density at radius 3 is 2.96 bits per heavy atom. The predicted octanol–water partition coefficient (Wildman–Crippen LogP) is 3.52. The zero-order chi connectivity index (χ0) is 17.4. The van der Waals surface area contributed by atoms with Crippen LogP contribution in [0, 0.1) is 0 Å². The van der Waals surface area contributed by atoms with Crippen molar-refractivity contribution in [2.75, 3.05) is 17.7 Å². The number of hydrogen-bond acceptors (Lipinski definition) is 4. The van der Waals surface area contributed by atoms with Gasteiger partial charge in [0.25, 0.3) is 0 Å². The summed E-state index contributed by atoms with van der Waals surface area (Å²) in [6.45, 7) is 2.75. The minimum absolute atomic E-state index is 0.0893. The third kappa shape index (κ3) is 3.14. The highest BCUT2D eigenvalue weighted by Crippen LogP contribution is 2.36. The quantitative estimate of drug-likeness (QED) is 0.895. The number of hydrogen-bond donors (Lipinski definition) is 2. The maximum absolute atomic E-state index is 11.5. The average molecular weight is 338 g/mol. The highest BCUT2D eigenvalue weighted by molar-refractivity contribution is 5.94. The Hall–Kier alpha value is -2.69. The summed E-state index contributed by atoms with van der Waals surface area (Å²) in [4.78, 5) is 11.5. The normalized spacial score (nSPS) is 18.0. The van der Waals surface area contributed by atoms with Crippen molar-refractivity contribution < 1.29 is 14.3 Å². The van der Waals surface area contributed by atoms with Crippen molar-refractivity contribution in [1.82, 2.24) is 0 Å². The van der Waals surface area contributed by atoms with E-state index in [0.717, 1.165) is 41.3 Å². The standard InChI is InChI=1S/C20H22N2O3/c1-12-7-14-9-17(24-2)10-15(20(14)25-12)11-21-16-4-5-18-13(8-16)3-6-19(23)22-18/h4-5,8-10,12,21H,3,6-7,11H2,1-2H3,(H,22,23)/t12-/m1/s1. The number of anilines is 2. The fraction of sp³-hybridized carbons (Fsp3) is 0.350. The Kier molecular flexibility index (Phi) is 3.99. The number of nitrogens with one attached hydrogen (secondary N) is 2. The van der Waals surface area contributed by atoms with Crippen molar-refractivity contribution in [1.29, 1.82) is 0 Å². The third-order valence-electron chi connectivity index (χ3n) is 4.76. The number of rotatable bonds is 4. The van der Waals surface area contributed by atoms with Gasteiger partial charge in [-0.3, -0.25) is 4.79 Å². The topological polar surface area (TPSA) is 59.6 Å². The third-order valence-corrected chi connectivity index (χ3v) is 4.76. The van der Waals surface area contributed by atoms with Crippen molar-refractivity contribution in [3.05, 3.63) is 47.0 Å². The first-order chi connectivity index (χ1) is 12.1. The van der Waals surface area contributed by atoms with E-state index in [1.54, 1.807) is 7.11 Å². The van der Waals surface area contributed by atoms with Gasteiger partial charge >= 0.3 is 0 Å². The minimum Gasteiger partial charge on any atom is -0.497 e. The number of methoxy groups -OCH3 is 1. The summed E-state index contributed by atoms with van der Waals surface area (Å²) >= 11 is 0. The minimum atomic E-state index is 0.0893. The van der Waals surface area contributed by atoms with Crippen LogP contribution in [0.25, 0.3) is 0 Å². The molecule has 130 valence electrons. The molecule has 5 nitrogen and oxygen atoms in total. The Labute approximate surface area is 147 Å². The van der Waals surface area contributed by atoms with Crippen LogP contribution in [0.4, 0.5) is 11.4 Å². The first-order valence-electron chi connectivity index (χ1n) is 8.65. The maximum Gasteiger partial charge on any atom is 0.224 e. The highest BCUT2D eigenvalue weighted by atomic mass is 16.5. The van der Waals surface area contributed by atoms with Gasteiger partial charge in [-0.05, 0) is 49.2 Å². The summed E-state index contributed by atoms with van der Waals surface area (Å²) in [5, 5.41) is 6.38. The van der Waals surface area contributed by atoms with E-state index in [-0.39, 0.29) is 12.0 Å². The Morgan fingerprint density at radius 1 is 1.24 bits per heavy atom. The zero-order valence-corrected chi connectivity index (χ0v) is 14.5. The lowest BCUT2D eigenvalue weighted by atomic mass is 10.0. The summed E-state index contributed by atoms with van der Waals surface area (Å²) in [5.41, 5.74) is 5.44. The molecule has 2 heterocycles. The van der Waals surface area contributed by atoms with Crippen LogP contribution in [0.1, 0.15) is 30.0 Å². The van der Waals surface area contributed by atoms with Crippen LogP contribution in [0.2, 0.25) is 0 Å². The largest absolute Gasteiger partial charge is 0.497 e. The second-order valence-corrected chi connectivity index (χ2v) is 6.68. The van der Waals surface area contributed by atoms with Crippen molar-refractivity contribution in [2.45, 2.75) is 38.8 Å². The second kappa shape index (κ2) is 6.31. The van der Waals surface area contributed by atoms with Crippen LogP contribution >= 0.6 is 0 Å². The monoisotopic (exact) mass is 338 g/mol. The molecule has 2 aliphatic heterocycles. The van der Waals surface area contributed by atoms with Gasteiger partial charge < -0.3 is 20.1 Å². The van der Waals surface area contributed by atoms with E-state index in [2.05, 4.69) is 29.7 Å². The van der Waals surface area contributed by atoms with E-state index in [4.69, 9.17) is 9.47 Å². The summed E-state index contributed by atoms with van der Waals surface area (Å²) < 4.78 is 11.4. The molecule has 2 aromatic rings. The van der Waals surface area contributed by atoms with Gasteiger partial charge in [0.05, 0.1) is 7.11 Å². The van der Waals surface area contributed by atoms with Crippen LogP contribution in [-0.2, 0) is 24.2 Å². The number of carbonyl (C=O) groups is 1. The Balaban J connectivity index is 1.54. The molecule has 0 radical (unpaired) electrons. The smallest absolute Gasteiger partial charge is 0.224 e. The van der Waals surface area contributed by atoms with Gasteiger partial charge in [0.15, 0.2) is 0 Å². The van der Waals surface area contributed by atoms with Gasteiger partial charge in [-0.2, -0.15) is 0 Å². The Morgan fingerprint density at radius 2 is 2.12 bits per heavy atom. The summed E-state index contributed by atoms with van der Waals surface area (Å²) in [7, 11) is 1.69. The first kappa shape index (κ1) is 15.8. The molecule has 2 N–H and O–H groups in total. The van der Waals surface area contributed by atoms with Gasteiger partial charge in [0, 0.05) is 41.9 Å². The molecule has 2 aromatic carbocycles. The maximum atomic E-state index is 11.5. The van der Waals surface area contributed by atoms with Crippen molar-refractivity contribution in [3.63, 3.8) is 0 Å². The number of ether oxygens (including phenoxy) is 2. The zero-order valence-electron chi connectivity index (χ0n) is 14.5. The molecule has 0 bridgehead atoms. The van der Waals surface area contributed by atoms with E-state index >= 15 is 0 Å². The van der Waals surface area contributed by atoms with Crippen LogP contribution in [0.5, 0.6) is 11.5 Å². The van der Waals surface area contributed by atoms with Crippen LogP contribution in [0.15, 0.2) is 30.3 Å². The van der Waals surface area contributed by atoms with E-state index in [1.165, 1.54) is 11.1 Å². The molecular weight excluding hydrogens is 316 g/mol. The molecule has 2 aliphatic rings. The van der Waals surface area contributed by atoms with E-state index in [9.17, 15) is 4.79 Å². The molecule has 0 saturated carbocycles.